The lowest BCUT2D eigenvalue weighted by atomic mass is 10.2. The molecule has 1 aliphatic heterocycles. The van der Waals surface area contributed by atoms with Crippen LogP contribution in [0.1, 0.15) is 11.3 Å². The zero-order valence-corrected chi connectivity index (χ0v) is 14.8. The minimum Gasteiger partial charge on any atom is -0.365 e. The third-order valence-corrected chi connectivity index (χ3v) is 5.42. The topological polar surface area (TPSA) is 109 Å². The van der Waals surface area contributed by atoms with E-state index in [0.717, 1.165) is 41.2 Å². The van der Waals surface area contributed by atoms with Gasteiger partial charge in [0.25, 0.3) is 11.8 Å². The van der Waals surface area contributed by atoms with Gasteiger partial charge < -0.3 is 14.7 Å². The Labute approximate surface area is 152 Å². The maximum absolute atomic E-state index is 5.43. The average molecular weight is 368 g/mol. The molecule has 0 amide bonds. The minimum absolute atomic E-state index is 0.244. The molecule has 1 saturated heterocycles. The van der Waals surface area contributed by atoms with Gasteiger partial charge in [0.1, 0.15) is 12.1 Å². The third kappa shape index (κ3) is 2.68. The van der Waals surface area contributed by atoms with Crippen LogP contribution in [0.25, 0.3) is 21.8 Å². The summed E-state index contributed by atoms with van der Waals surface area (Å²) in [5.41, 5.74) is 0.728. The Morgan fingerprint density at radius 3 is 3.19 bits per heavy atom. The van der Waals surface area contributed by atoms with Crippen LogP contribution in [-0.2, 0) is 0 Å². The second kappa shape index (κ2) is 6.06. The maximum Gasteiger partial charge on any atom is 0.269 e. The molecule has 5 heterocycles. The molecule has 0 spiro atoms. The first-order valence-electron chi connectivity index (χ1n) is 8.32. The van der Waals surface area contributed by atoms with Gasteiger partial charge in [-0.15, -0.1) is 11.3 Å². The van der Waals surface area contributed by atoms with Crippen LogP contribution < -0.4 is 10.2 Å². The fraction of sp³-hybridized carbons (Fsp3) is 0.312. The summed E-state index contributed by atoms with van der Waals surface area (Å²) >= 11 is 1.65. The number of nitrogens with one attached hydrogen (secondary N) is 2. The molecule has 0 bridgehead atoms. The monoisotopic (exact) mass is 368 g/mol. The Morgan fingerprint density at radius 2 is 2.31 bits per heavy atom. The number of nitrogens with zero attached hydrogens (tertiary/aromatic N) is 6. The Balaban J connectivity index is 1.30. The van der Waals surface area contributed by atoms with Gasteiger partial charge in [-0.25, -0.2) is 9.97 Å². The molecule has 1 fully saturated rings. The van der Waals surface area contributed by atoms with Gasteiger partial charge in [-0.2, -0.15) is 10.1 Å². The first-order chi connectivity index (χ1) is 12.8. The number of thiophene rings is 1. The van der Waals surface area contributed by atoms with E-state index in [9.17, 15) is 0 Å². The number of aromatic nitrogens is 6. The van der Waals surface area contributed by atoms with Gasteiger partial charge in [0.2, 0.25) is 0 Å². The second-order valence-corrected chi connectivity index (χ2v) is 7.53. The summed E-state index contributed by atoms with van der Waals surface area (Å²) in [4.78, 5) is 17.4. The van der Waals surface area contributed by atoms with E-state index >= 15 is 0 Å². The van der Waals surface area contributed by atoms with Gasteiger partial charge in [0.05, 0.1) is 16.5 Å². The van der Waals surface area contributed by atoms with E-state index < -0.39 is 0 Å². The Hall–Kier alpha value is -3.01. The quantitative estimate of drug-likeness (QED) is 0.565. The fourth-order valence-electron chi connectivity index (χ4n) is 3.13. The van der Waals surface area contributed by atoms with Crippen molar-refractivity contribution in [2.75, 3.05) is 23.3 Å². The van der Waals surface area contributed by atoms with Gasteiger partial charge >= 0.3 is 0 Å². The molecule has 4 aromatic heterocycles. The molecule has 1 atom stereocenters. The van der Waals surface area contributed by atoms with E-state index in [1.54, 1.807) is 17.5 Å². The van der Waals surface area contributed by atoms with Crippen LogP contribution in [0, 0.1) is 6.92 Å². The number of hydrogen-bond acceptors (Lipinski definition) is 9. The van der Waals surface area contributed by atoms with Crippen LogP contribution in [0.3, 0.4) is 0 Å². The van der Waals surface area contributed by atoms with Crippen LogP contribution in [0.5, 0.6) is 0 Å². The van der Waals surface area contributed by atoms with E-state index in [-0.39, 0.29) is 6.04 Å². The zero-order valence-electron chi connectivity index (χ0n) is 14.0. The van der Waals surface area contributed by atoms with Crippen molar-refractivity contribution in [3.63, 3.8) is 0 Å². The number of hydrogen-bond donors (Lipinski definition) is 2. The highest BCUT2D eigenvalue weighted by molar-refractivity contribution is 7.15. The molecule has 1 aliphatic rings. The summed E-state index contributed by atoms with van der Waals surface area (Å²) in [6.07, 6.45) is 4.23. The molecule has 2 N–H and O–H groups in total. The molecule has 132 valence electrons. The standard InChI is InChI=1S/C16H16N8OS/c1-9-2-3-12(26-9)15-21-16(23-25-15)24-5-4-10(7-24)20-13-11-6-19-22-14(11)18-8-17-13/h2-3,6,8,10H,4-5,7H2,1H3,(H2,17,18,19,20,22)/t10-/m0/s1. The van der Waals surface area contributed by atoms with Crippen molar-refractivity contribution >= 4 is 34.1 Å². The van der Waals surface area contributed by atoms with Crippen LogP contribution in [-0.4, -0.2) is 49.4 Å². The van der Waals surface area contributed by atoms with Crippen LogP contribution >= 0.6 is 11.3 Å². The number of anilines is 2. The van der Waals surface area contributed by atoms with E-state index in [2.05, 4.69) is 53.5 Å². The van der Waals surface area contributed by atoms with Crippen molar-refractivity contribution in [2.24, 2.45) is 0 Å². The maximum atomic E-state index is 5.43. The number of fused-ring (bicyclic) bond motifs is 1. The highest BCUT2D eigenvalue weighted by atomic mass is 32.1. The molecule has 0 unspecified atom stereocenters. The summed E-state index contributed by atoms with van der Waals surface area (Å²) in [6.45, 7) is 3.71. The van der Waals surface area contributed by atoms with E-state index in [4.69, 9.17) is 4.52 Å². The van der Waals surface area contributed by atoms with E-state index in [0.29, 0.717) is 11.8 Å². The number of aryl methyl sites for hydroxylation is 1. The first-order valence-corrected chi connectivity index (χ1v) is 9.14. The van der Waals surface area contributed by atoms with Crippen molar-refractivity contribution < 1.29 is 4.52 Å². The molecular weight excluding hydrogens is 352 g/mol. The summed E-state index contributed by atoms with van der Waals surface area (Å²) in [6, 6.07) is 4.31. The Morgan fingerprint density at radius 1 is 1.35 bits per heavy atom. The molecule has 0 radical (unpaired) electrons. The summed E-state index contributed by atoms with van der Waals surface area (Å²) in [5.74, 6) is 2.00. The predicted molar refractivity (Wildman–Crippen MR) is 98.3 cm³/mol. The third-order valence-electron chi connectivity index (χ3n) is 4.43. The number of H-pyrrole nitrogens is 1. The first kappa shape index (κ1) is 15.3. The lowest BCUT2D eigenvalue weighted by Gasteiger charge is -2.15. The molecule has 9 nitrogen and oxygen atoms in total. The number of aromatic amines is 1. The zero-order chi connectivity index (χ0) is 17.5. The van der Waals surface area contributed by atoms with Gasteiger partial charge in [-0.3, -0.25) is 5.10 Å². The van der Waals surface area contributed by atoms with Crippen LogP contribution in [0.2, 0.25) is 0 Å². The Kier molecular flexibility index (Phi) is 3.56. The van der Waals surface area contributed by atoms with Crippen LogP contribution in [0.4, 0.5) is 11.8 Å². The van der Waals surface area contributed by atoms with Crippen molar-refractivity contribution in [1.29, 1.82) is 0 Å². The smallest absolute Gasteiger partial charge is 0.269 e. The Bertz CT molecular complexity index is 1050. The van der Waals surface area contributed by atoms with Crippen LogP contribution in [0.15, 0.2) is 29.2 Å². The summed E-state index contributed by atoms with van der Waals surface area (Å²) in [5, 5.41) is 15.4. The largest absolute Gasteiger partial charge is 0.365 e. The average Bonchev–Trinajstić information content (AvgIpc) is 3.41. The van der Waals surface area contributed by atoms with Gasteiger partial charge in [0.15, 0.2) is 5.65 Å². The summed E-state index contributed by atoms with van der Waals surface area (Å²) < 4.78 is 5.43. The van der Waals surface area contributed by atoms with Crippen molar-refractivity contribution in [3.05, 3.63) is 29.5 Å². The molecule has 5 rings (SSSR count). The highest BCUT2D eigenvalue weighted by Gasteiger charge is 2.27. The SMILES string of the molecule is Cc1ccc(-c2nc(N3CC[C@H](Nc4ncnc5[nH]ncc45)C3)no2)s1. The molecule has 4 aromatic rings. The number of rotatable bonds is 4. The molecule has 0 saturated carbocycles. The minimum atomic E-state index is 0.244. The predicted octanol–water partition coefficient (Wildman–Crippen LogP) is 2.46. The van der Waals surface area contributed by atoms with Crippen molar-refractivity contribution in [3.8, 4) is 10.8 Å². The van der Waals surface area contributed by atoms with Gasteiger partial charge in [-0.05, 0) is 30.6 Å². The molecule has 0 aromatic carbocycles. The van der Waals surface area contributed by atoms with Crippen molar-refractivity contribution in [2.45, 2.75) is 19.4 Å². The molecule has 26 heavy (non-hydrogen) atoms. The molecule has 10 heteroatoms. The van der Waals surface area contributed by atoms with E-state index in [1.807, 2.05) is 6.07 Å². The fourth-order valence-corrected chi connectivity index (χ4v) is 3.92. The lowest BCUT2D eigenvalue weighted by molar-refractivity contribution is 0.431. The van der Waals surface area contributed by atoms with E-state index in [1.165, 1.54) is 11.2 Å². The normalized spacial score (nSPS) is 17.3. The summed E-state index contributed by atoms with van der Waals surface area (Å²) in [7, 11) is 0. The van der Waals surface area contributed by atoms with Gasteiger partial charge in [-0.1, -0.05) is 0 Å². The molecular formula is C16H16N8OS. The van der Waals surface area contributed by atoms with Gasteiger partial charge in [0, 0.05) is 24.0 Å². The molecule has 0 aliphatic carbocycles. The van der Waals surface area contributed by atoms with Crippen molar-refractivity contribution in [1.82, 2.24) is 30.3 Å². The lowest BCUT2D eigenvalue weighted by Crippen LogP contribution is -2.27. The second-order valence-electron chi connectivity index (χ2n) is 6.24. The highest BCUT2D eigenvalue weighted by Crippen LogP contribution is 2.29.